The van der Waals surface area contributed by atoms with E-state index in [-0.39, 0.29) is 11.8 Å². The van der Waals surface area contributed by atoms with E-state index in [4.69, 9.17) is 5.41 Å². The van der Waals surface area contributed by atoms with Gasteiger partial charge in [0.2, 0.25) is 5.91 Å². The number of nitrogens with one attached hydrogen (secondary N) is 2. The molecule has 4 nitrogen and oxygen atoms in total. The Bertz CT molecular complexity index is 456. The molecule has 1 aromatic carbocycles. The quantitative estimate of drug-likeness (QED) is 0.777. The highest BCUT2D eigenvalue weighted by Gasteiger charge is 2.28. The lowest BCUT2D eigenvalue weighted by Crippen LogP contribution is -2.18. The Labute approximate surface area is 101 Å². The van der Waals surface area contributed by atoms with E-state index < -0.39 is 0 Å². The van der Waals surface area contributed by atoms with E-state index in [1.807, 2.05) is 32.3 Å². The van der Waals surface area contributed by atoms with Gasteiger partial charge >= 0.3 is 0 Å². The summed E-state index contributed by atoms with van der Waals surface area (Å²) in [5.74, 6) is 0.459. The first-order valence-electron chi connectivity index (χ1n) is 5.72. The van der Waals surface area contributed by atoms with Crippen molar-refractivity contribution in [2.24, 2.45) is 0 Å². The van der Waals surface area contributed by atoms with Crippen LogP contribution in [0, 0.1) is 5.41 Å². The highest BCUT2D eigenvalue weighted by Crippen LogP contribution is 2.29. The molecule has 1 atom stereocenters. The minimum Gasteiger partial charge on any atom is -0.388 e. The summed E-state index contributed by atoms with van der Waals surface area (Å²) >= 11 is 0. The SMILES string of the molecule is CNc1ccc(C2CC(=O)N(C)C2)cc1C=N. The highest BCUT2D eigenvalue weighted by atomic mass is 16.2. The van der Waals surface area contributed by atoms with Gasteiger partial charge in [0.05, 0.1) is 0 Å². The van der Waals surface area contributed by atoms with Gasteiger partial charge in [-0.05, 0) is 17.7 Å². The van der Waals surface area contributed by atoms with Crippen molar-refractivity contribution in [3.8, 4) is 0 Å². The number of carbonyl (C=O) groups is 1. The van der Waals surface area contributed by atoms with Crippen molar-refractivity contribution in [3.05, 3.63) is 29.3 Å². The molecule has 2 rings (SSSR count). The number of nitrogens with zero attached hydrogens (tertiary/aromatic N) is 1. The van der Waals surface area contributed by atoms with Crippen LogP contribution in [0.15, 0.2) is 18.2 Å². The minimum absolute atomic E-state index is 0.198. The van der Waals surface area contributed by atoms with Gasteiger partial charge in [0.1, 0.15) is 0 Å². The maximum Gasteiger partial charge on any atom is 0.223 e. The predicted molar refractivity (Wildman–Crippen MR) is 68.9 cm³/mol. The number of hydrogen-bond donors (Lipinski definition) is 2. The Morgan fingerprint density at radius 2 is 2.29 bits per heavy atom. The molecule has 0 saturated carbocycles. The van der Waals surface area contributed by atoms with Crippen molar-refractivity contribution in [3.63, 3.8) is 0 Å². The molecule has 0 aromatic heterocycles. The molecule has 0 aliphatic carbocycles. The molecule has 17 heavy (non-hydrogen) atoms. The summed E-state index contributed by atoms with van der Waals surface area (Å²) in [6.45, 7) is 0.773. The number of hydrogen-bond acceptors (Lipinski definition) is 3. The van der Waals surface area contributed by atoms with Crippen molar-refractivity contribution in [1.82, 2.24) is 4.90 Å². The van der Waals surface area contributed by atoms with E-state index in [0.29, 0.717) is 6.42 Å². The number of carbonyl (C=O) groups excluding carboxylic acids is 1. The topological polar surface area (TPSA) is 56.2 Å². The van der Waals surface area contributed by atoms with E-state index in [1.165, 1.54) is 6.21 Å². The van der Waals surface area contributed by atoms with E-state index in [1.54, 1.807) is 4.90 Å². The molecule has 90 valence electrons. The average Bonchev–Trinajstić information content (AvgIpc) is 2.68. The van der Waals surface area contributed by atoms with Crippen LogP contribution in [0.1, 0.15) is 23.5 Å². The molecule has 0 bridgehead atoms. The third-order valence-electron chi connectivity index (χ3n) is 3.31. The summed E-state index contributed by atoms with van der Waals surface area (Å²) in [6, 6.07) is 6.00. The predicted octanol–water partition coefficient (Wildman–Crippen LogP) is 1.67. The summed E-state index contributed by atoms with van der Waals surface area (Å²) in [5, 5.41) is 10.4. The van der Waals surface area contributed by atoms with Gasteiger partial charge in [-0.3, -0.25) is 4.79 Å². The zero-order chi connectivity index (χ0) is 12.4. The molecule has 1 heterocycles. The summed E-state index contributed by atoms with van der Waals surface area (Å²) in [6.07, 6.45) is 1.92. The van der Waals surface area contributed by atoms with Crippen LogP contribution in [0.5, 0.6) is 0 Å². The third kappa shape index (κ3) is 2.16. The van der Waals surface area contributed by atoms with Gasteiger partial charge in [0, 0.05) is 50.4 Å². The Kier molecular flexibility index (Phi) is 3.13. The van der Waals surface area contributed by atoms with Crippen LogP contribution < -0.4 is 5.32 Å². The van der Waals surface area contributed by atoms with Gasteiger partial charge in [0.25, 0.3) is 0 Å². The molecule has 0 radical (unpaired) electrons. The van der Waals surface area contributed by atoms with E-state index >= 15 is 0 Å². The molecule has 1 aliphatic heterocycles. The lowest BCUT2D eigenvalue weighted by Gasteiger charge is -2.13. The minimum atomic E-state index is 0.198. The number of rotatable bonds is 3. The molecule has 1 unspecified atom stereocenters. The van der Waals surface area contributed by atoms with Gasteiger partial charge in [-0.15, -0.1) is 0 Å². The van der Waals surface area contributed by atoms with Crippen molar-refractivity contribution in [2.75, 3.05) is 26.0 Å². The van der Waals surface area contributed by atoms with Crippen molar-refractivity contribution in [1.29, 1.82) is 5.41 Å². The fraction of sp³-hybridized carbons (Fsp3) is 0.385. The second-order valence-corrected chi connectivity index (χ2v) is 4.42. The van der Waals surface area contributed by atoms with Gasteiger partial charge in [-0.1, -0.05) is 6.07 Å². The molecular weight excluding hydrogens is 214 g/mol. The molecule has 1 amide bonds. The van der Waals surface area contributed by atoms with Crippen LogP contribution in [0.25, 0.3) is 0 Å². The Morgan fingerprint density at radius 3 is 2.82 bits per heavy atom. The third-order valence-corrected chi connectivity index (χ3v) is 3.31. The second-order valence-electron chi connectivity index (χ2n) is 4.42. The Morgan fingerprint density at radius 1 is 1.53 bits per heavy atom. The monoisotopic (exact) mass is 231 g/mol. The first-order chi connectivity index (χ1) is 8.15. The highest BCUT2D eigenvalue weighted by molar-refractivity contribution is 5.86. The molecule has 4 heteroatoms. The fourth-order valence-electron chi connectivity index (χ4n) is 2.27. The normalized spacial score (nSPS) is 19.5. The summed E-state index contributed by atoms with van der Waals surface area (Å²) in [7, 11) is 3.68. The van der Waals surface area contributed by atoms with Crippen molar-refractivity contribution < 1.29 is 4.79 Å². The molecular formula is C13H17N3O. The average molecular weight is 231 g/mol. The van der Waals surface area contributed by atoms with Crippen LogP contribution in [0.4, 0.5) is 5.69 Å². The molecule has 1 fully saturated rings. The fourth-order valence-corrected chi connectivity index (χ4v) is 2.27. The largest absolute Gasteiger partial charge is 0.388 e. The lowest BCUT2D eigenvalue weighted by molar-refractivity contribution is -0.126. The first-order valence-corrected chi connectivity index (χ1v) is 5.72. The smallest absolute Gasteiger partial charge is 0.223 e. The van der Waals surface area contributed by atoms with Gasteiger partial charge in [-0.2, -0.15) is 0 Å². The van der Waals surface area contributed by atoms with Crippen LogP contribution in [-0.4, -0.2) is 37.7 Å². The summed E-state index contributed by atoms with van der Waals surface area (Å²) < 4.78 is 0. The summed E-state index contributed by atoms with van der Waals surface area (Å²) in [5.41, 5.74) is 2.95. The van der Waals surface area contributed by atoms with Crippen LogP contribution in [0.3, 0.4) is 0 Å². The number of benzene rings is 1. The molecule has 1 aromatic rings. The van der Waals surface area contributed by atoms with Crippen LogP contribution >= 0.6 is 0 Å². The Hall–Kier alpha value is -1.84. The van der Waals surface area contributed by atoms with E-state index in [9.17, 15) is 4.79 Å². The second kappa shape index (κ2) is 4.57. The van der Waals surface area contributed by atoms with E-state index in [0.717, 1.165) is 23.4 Å². The number of amides is 1. The standard InChI is InChI=1S/C13H17N3O/c1-15-12-4-3-9(5-10(12)7-14)11-6-13(17)16(2)8-11/h3-5,7,11,14-15H,6,8H2,1-2H3. The van der Waals surface area contributed by atoms with Crippen molar-refractivity contribution >= 4 is 17.8 Å². The Balaban J connectivity index is 2.28. The molecule has 1 saturated heterocycles. The van der Waals surface area contributed by atoms with Gasteiger partial charge < -0.3 is 15.6 Å². The van der Waals surface area contributed by atoms with Crippen LogP contribution in [-0.2, 0) is 4.79 Å². The number of likely N-dealkylation sites (tertiary alicyclic amines) is 1. The van der Waals surface area contributed by atoms with Crippen molar-refractivity contribution in [2.45, 2.75) is 12.3 Å². The lowest BCUT2D eigenvalue weighted by atomic mass is 9.96. The zero-order valence-electron chi connectivity index (χ0n) is 10.2. The number of likely N-dealkylation sites (N-methyl/N-ethyl adjacent to an activating group) is 1. The number of anilines is 1. The van der Waals surface area contributed by atoms with Gasteiger partial charge in [-0.25, -0.2) is 0 Å². The van der Waals surface area contributed by atoms with Crippen LogP contribution in [0.2, 0.25) is 0 Å². The molecule has 2 N–H and O–H groups in total. The summed E-state index contributed by atoms with van der Waals surface area (Å²) in [4.78, 5) is 13.3. The first kappa shape index (κ1) is 11.6. The van der Waals surface area contributed by atoms with E-state index in [2.05, 4.69) is 5.32 Å². The molecule has 1 aliphatic rings. The maximum atomic E-state index is 11.5. The van der Waals surface area contributed by atoms with Gasteiger partial charge in [0.15, 0.2) is 0 Å². The zero-order valence-corrected chi connectivity index (χ0v) is 10.2. The molecule has 0 spiro atoms. The maximum absolute atomic E-state index is 11.5.